The zero-order valence-electron chi connectivity index (χ0n) is 10.8. The summed E-state index contributed by atoms with van der Waals surface area (Å²) in [6.07, 6.45) is 2.22. The zero-order chi connectivity index (χ0) is 12.1. The summed E-state index contributed by atoms with van der Waals surface area (Å²) in [5.74, 6) is 0.897. The van der Waals surface area contributed by atoms with Gasteiger partial charge in [-0.1, -0.05) is 18.2 Å². The van der Waals surface area contributed by atoms with Gasteiger partial charge in [-0.3, -0.25) is 4.79 Å². The normalized spacial score (nSPS) is 16.2. The number of piperidine rings is 1. The predicted octanol–water partition coefficient (Wildman–Crippen LogP) is 2.18. The SMILES string of the molecule is CNCC1CCN(C(=O)c2ccccc2)CC1.Cl. The van der Waals surface area contributed by atoms with Crippen molar-refractivity contribution in [1.29, 1.82) is 0 Å². The van der Waals surface area contributed by atoms with E-state index in [1.165, 1.54) is 0 Å². The maximum absolute atomic E-state index is 12.2. The Bertz CT molecular complexity index is 361. The lowest BCUT2D eigenvalue weighted by Crippen LogP contribution is -2.40. The number of halogens is 1. The molecule has 3 nitrogen and oxygen atoms in total. The molecule has 100 valence electrons. The van der Waals surface area contributed by atoms with E-state index < -0.39 is 0 Å². The van der Waals surface area contributed by atoms with Gasteiger partial charge in [0.15, 0.2) is 0 Å². The first-order chi connectivity index (χ1) is 8.31. The smallest absolute Gasteiger partial charge is 0.253 e. The lowest BCUT2D eigenvalue weighted by molar-refractivity contribution is 0.0691. The molecule has 1 amide bonds. The summed E-state index contributed by atoms with van der Waals surface area (Å²) < 4.78 is 0. The van der Waals surface area contributed by atoms with Crippen molar-refractivity contribution in [3.8, 4) is 0 Å². The van der Waals surface area contributed by atoms with Gasteiger partial charge >= 0.3 is 0 Å². The number of hydrogen-bond acceptors (Lipinski definition) is 2. The van der Waals surface area contributed by atoms with Crippen molar-refractivity contribution in [3.63, 3.8) is 0 Å². The van der Waals surface area contributed by atoms with Crippen LogP contribution < -0.4 is 5.32 Å². The lowest BCUT2D eigenvalue weighted by atomic mass is 9.96. The van der Waals surface area contributed by atoms with Crippen LogP contribution >= 0.6 is 12.4 Å². The summed E-state index contributed by atoms with van der Waals surface area (Å²) in [4.78, 5) is 14.1. The van der Waals surface area contributed by atoms with E-state index in [0.29, 0.717) is 0 Å². The molecule has 0 atom stereocenters. The number of nitrogens with zero attached hydrogens (tertiary/aromatic N) is 1. The fraction of sp³-hybridized carbons (Fsp3) is 0.500. The van der Waals surface area contributed by atoms with Crippen molar-refractivity contribution in [2.24, 2.45) is 5.92 Å². The van der Waals surface area contributed by atoms with Gasteiger partial charge in [0.25, 0.3) is 5.91 Å². The summed E-state index contributed by atoms with van der Waals surface area (Å²) in [7, 11) is 1.99. The Kier molecular flexibility index (Phi) is 6.16. The molecule has 2 rings (SSSR count). The first-order valence-corrected chi connectivity index (χ1v) is 6.30. The third kappa shape index (κ3) is 3.72. The van der Waals surface area contributed by atoms with Crippen molar-refractivity contribution in [3.05, 3.63) is 35.9 Å². The molecule has 0 unspecified atom stereocenters. The minimum atomic E-state index is 0. The third-order valence-corrected chi connectivity index (χ3v) is 3.42. The van der Waals surface area contributed by atoms with Gasteiger partial charge in [0.1, 0.15) is 0 Å². The second kappa shape index (κ2) is 7.39. The molecular weight excluding hydrogens is 248 g/mol. The average Bonchev–Trinajstić information content (AvgIpc) is 2.40. The van der Waals surface area contributed by atoms with Crippen LogP contribution in [0.3, 0.4) is 0 Å². The van der Waals surface area contributed by atoms with Gasteiger partial charge in [-0.15, -0.1) is 12.4 Å². The van der Waals surface area contributed by atoms with Gasteiger partial charge in [-0.05, 0) is 44.5 Å². The fourth-order valence-electron chi connectivity index (χ4n) is 2.39. The van der Waals surface area contributed by atoms with Crippen LogP contribution in [0.25, 0.3) is 0 Å². The molecule has 1 heterocycles. The van der Waals surface area contributed by atoms with Crippen LogP contribution in [-0.4, -0.2) is 37.5 Å². The molecule has 1 saturated heterocycles. The molecule has 0 aliphatic carbocycles. The number of nitrogens with one attached hydrogen (secondary N) is 1. The lowest BCUT2D eigenvalue weighted by Gasteiger charge is -2.32. The first-order valence-electron chi connectivity index (χ1n) is 6.30. The maximum atomic E-state index is 12.2. The van der Waals surface area contributed by atoms with Crippen LogP contribution in [0.2, 0.25) is 0 Å². The van der Waals surface area contributed by atoms with Crippen molar-refractivity contribution in [2.45, 2.75) is 12.8 Å². The van der Waals surface area contributed by atoms with E-state index in [4.69, 9.17) is 0 Å². The standard InChI is InChI=1S/C14H20N2O.ClH/c1-15-11-12-7-9-16(10-8-12)14(17)13-5-3-2-4-6-13;/h2-6,12,15H,7-11H2,1H3;1H. The Morgan fingerprint density at radius 2 is 1.89 bits per heavy atom. The fourth-order valence-corrected chi connectivity index (χ4v) is 2.39. The van der Waals surface area contributed by atoms with E-state index in [-0.39, 0.29) is 18.3 Å². The molecule has 0 bridgehead atoms. The molecule has 1 aromatic carbocycles. The number of amides is 1. The highest BCUT2D eigenvalue weighted by atomic mass is 35.5. The van der Waals surface area contributed by atoms with Crippen molar-refractivity contribution < 1.29 is 4.79 Å². The van der Waals surface area contributed by atoms with E-state index in [1.807, 2.05) is 42.3 Å². The third-order valence-electron chi connectivity index (χ3n) is 3.42. The highest BCUT2D eigenvalue weighted by molar-refractivity contribution is 5.94. The van der Waals surface area contributed by atoms with Gasteiger partial charge < -0.3 is 10.2 Å². The molecule has 1 aliphatic heterocycles. The molecular formula is C14H21ClN2O. The Labute approximate surface area is 115 Å². The molecule has 0 saturated carbocycles. The summed E-state index contributed by atoms with van der Waals surface area (Å²) in [6.45, 7) is 2.84. The zero-order valence-corrected chi connectivity index (χ0v) is 11.6. The summed E-state index contributed by atoms with van der Waals surface area (Å²) in [5, 5.41) is 3.21. The number of rotatable bonds is 3. The molecule has 1 N–H and O–H groups in total. The number of carbonyl (C=O) groups is 1. The minimum absolute atomic E-state index is 0. The van der Waals surface area contributed by atoms with Gasteiger partial charge in [0, 0.05) is 18.7 Å². The van der Waals surface area contributed by atoms with Crippen LogP contribution in [0.4, 0.5) is 0 Å². The summed E-state index contributed by atoms with van der Waals surface area (Å²) in [6, 6.07) is 9.56. The number of hydrogen-bond donors (Lipinski definition) is 1. The molecule has 4 heteroatoms. The molecule has 0 aromatic heterocycles. The maximum Gasteiger partial charge on any atom is 0.253 e. The minimum Gasteiger partial charge on any atom is -0.339 e. The van der Waals surface area contributed by atoms with E-state index in [9.17, 15) is 4.79 Å². The Morgan fingerprint density at radius 1 is 1.28 bits per heavy atom. The van der Waals surface area contributed by atoms with Gasteiger partial charge in [-0.2, -0.15) is 0 Å². The van der Waals surface area contributed by atoms with Crippen LogP contribution in [0.15, 0.2) is 30.3 Å². The van der Waals surface area contributed by atoms with Gasteiger partial charge in [-0.25, -0.2) is 0 Å². The first kappa shape index (κ1) is 15.0. The highest BCUT2D eigenvalue weighted by Gasteiger charge is 2.22. The van der Waals surface area contributed by atoms with E-state index in [1.54, 1.807) is 0 Å². The van der Waals surface area contributed by atoms with Gasteiger partial charge in [0.05, 0.1) is 0 Å². The highest BCUT2D eigenvalue weighted by Crippen LogP contribution is 2.18. The average molecular weight is 269 g/mol. The van der Waals surface area contributed by atoms with Crippen LogP contribution in [0.5, 0.6) is 0 Å². The van der Waals surface area contributed by atoms with E-state index >= 15 is 0 Å². The van der Waals surface area contributed by atoms with Crippen molar-refractivity contribution in [2.75, 3.05) is 26.7 Å². The molecule has 0 radical (unpaired) electrons. The quantitative estimate of drug-likeness (QED) is 0.911. The largest absolute Gasteiger partial charge is 0.339 e. The molecule has 1 aromatic rings. The Hall–Kier alpha value is -1.06. The predicted molar refractivity (Wildman–Crippen MR) is 76.2 cm³/mol. The van der Waals surface area contributed by atoms with Crippen molar-refractivity contribution in [1.82, 2.24) is 10.2 Å². The van der Waals surface area contributed by atoms with E-state index in [2.05, 4.69) is 5.32 Å². The Balaban J connectivity index is 0.00000162. The van der Waals surface area contributed by atoms with Gasteiger partial charge in [0.2, 0.25) is 0 Å². The molecule has 1 fully saturated rings. The van der Waals surface area contributed by atoms with Crippen LogP contribution in [0, 0.1) is 5.92 Å². The van der Waals surface area contributed by atoms with Crippen LogP contribution in [-0.2, 0) is 0 Å². The second-order valence-corrected chi connectivity index (χ2v) is 4.66. The summed E-state index contributed by atoms with van der Waals surface area (Å²) >= 11 is 0. The monoisotopic (exact) mass is 268 g/mol. The number of likely N-dealkylation sites (tertiary alicyclic amines) is 1. The Morgan fingerprint density at radius 3 is 2.44 bits per heavy atom. The molecule has 1 aliphatic rings. The number of carbonyl (C=O) groups excluding carboxylic acids is 1. The topological polar surface area (TPSA) is 32.3 Å². The second-order valence-electron chi connectivity index (χ2n) is 4.66. The van der Waals surface area contributed by atoms with Crippen molar-refractivity contribution >= 4 is 18.3 Å². The summed E-state index contributed by atoms with van der Waals surface area (Å²) in [5.41, 5.74) is 0.805. The molecule has 0 spiro atoms. The van der Waals surface area contributed by atoms with Crippen LogP contribution in [0.1, 0.15) is 23.2 Å². The van der Waals surface area contributed by atoms with E-state index in [0.717, 1.165) is 44.0 Å². The number of benzene rings is 1. The molecule has 18 heavy (non-hydrogen) atoms.